The second-order valence-electron chi connectivity index (χ2n) is 12.2. The first-order chi connectivity index (χ1) is 23.3. The van der Waals surface area contributed by atoms with Crippen LogP contribution in [0.15, 0.2) is 144 Å². The number of hydrogen-bond donors (Lipinski definition) is 1. The molecule has 11 rings (SSSR count). The van der Waals surface area contributed by atoms with E-state index in [2.05, 4.69) is 125 Å². The number of fused-ring (bicyclic) bond motifs is 15. The van der Waals surface area contributed by atoms with E-state index in [1.165, 1.54) is 16.2 Å². The monoisotopic (exact) mass is 600 g/mol. The highest BCUT2D eigenvalue weighted by Gasteiger charge is 2.25. The predicted octanol–water partition coefficient (Wildman–Crippen LogP) is 11.1. The molecule has 218 valence electrons. The van der Waals surface area contributed by atoms with Crippen LogP contribution >= 0.6 is 0 Å². The van der Waals surface area contributed by atoms with Crippen molar-refractivity contribution in [3.8, 4) is 17.2 Å². The second kappa shape index (κ2) is 9.05. The van der Waals surface area contributed by atoms with Gasteiger partial charge in [-0.25, -0.2) is 4.98 Å². The third-order valence-corrected chi connectivity index (χ3v) is 9.74. The molecule has 0 radical (unpaired) electrons. The van der Waals surface area contributed by atoms with Crippen molar-refractivity contribution in [1.29, 1.82) is 0 Å². The summed E-state index contributed by atoms with van der Waals surface area (Å²) in [5.74, 6) is 0.580. The number of hydrogen-bond acceptors (Lipinski definition) is 3. The first-order valence-electron chi connectivity index (χ1n) is 15.9. The predicted molar refractivity (Wildman–Crippen MR) is 193 cm³/mol. The van der Waals surface area contributed by atoms with E-state index >= 15 is 0 Å². The van der Waals surface area contributed by atoms with Gasteiger partial charge >= 0.3 is 0 Å². The van der Waals surface area contributed by atoms with E-state index in [9.17, 15) is 0 Å². The number of para-hydroxylation sites is 2. The first-order valence-corrected chi connectivity index (χ1v) is 15.9. The Balaban J connectivity index is 1.43. The molecule has 4 aromatic heterocycles. The molecule has 5 nitrogen and oxygen atoms in total. The molecule has 0 aliphatic heterocycles. The number of benzene rings is 7. The van der Waals surface area contributed by atoms with Gasteiger partial charge in [-0.2, -0.15) is 4.98 Å². The number of rotatable bonds is 2. The lowest BCUT2D eigenvalue weighted by molar-refractivity contribution is 0.651. The molecule has 0 amide bonds. The maximum atomic E-state index is 6.50. The maximum absolute atomic E-state index is 6.50. The smallest absolute Gasteiger partial charge is 0.238 e. The van der Waals surface area contributed by atoms with Gasteiger partial charge in [-0.05, 0) is 17.5 Å². The van der Waals surface area contributed by atoms with Crippen LogP contribution in [0.3, 0.4) is 0 Å². The number of furan rings is 1. The molecule has 0 aliphatic rings. The molecule has 0 spiro atoms. The van der Waals surface area contributed by atoms with E-state index in [1.54, 1.807) is 0 Å². The van der Waals surface area contributed by atoms with Crippen molar-refractivity contribution in [2.24, 2.45) is 0 Å². The molecule has 0 saturated heterocycles. The molecule has 11 aromatic rings. The highest BCUT2D eigenvalue weighted by atomic mass is 16.3. The van der Waals surface area contributed by atoms with Crippen LogP contribution in [0.5, 0.6) is 0 Å². The molecular formula is C42H24N4O. The van der Waals surface area contributed by atoms with Crippen molar-refractivity contribution < 1.29 is 4.42 Å². The fourth-order valence-corrected chi connectivity index (χ4v) is 7.79. The van der Waals surface area contributed by atoms with Gasteiger partial charge in [0.1, 0.15) is 5.58 Å². The Morgan fingerprint density at radius 3 is 2.06 bits per heavy atom. The fourth-order valence-electron chi connectivity index (χ4n) is 7.79. The molecule has 0 fully saturated rings. The first kappa shape index (κ1) is 24.8. The Morgan fingerprint density at radius 2 is 1.19 bits per heavy atom. The average molecular weight is 601 g/mol. The standard InChI is InChI=1S/C42H24N4O/c1-2-13-25(14-3-1)37-36-30-19-9-11-21-33(30)47-41(36)45-42(44-37)46-39-26-15-5-4-12-24(26)22-23-31(39)35-34-29-18-8-10-20-32(29)43-38(34)27-16-6-7-17-28(27)40(35)46/h1-23,43H. The summed E-state index contributed by atoms with van der Waals surface area (Å²) in [5.41, 5.74) is 7.65. The van der Waals surface area contributed by atoms with Crippen molar-refractivity contribution in [1.82, 2.24) is 19.5 Å². The molecule has 4 heterocycles. The van der Waals surface area contributed by atoms with Crippen molar-refractivity contribution in [3.05, 3.63) is 140 Å². The highest BCUT2D eigenvalue weighted by Crippen LogP contribution is 2.46. The van der Waals surface area contributed by atoms with Gasteiger partial charge in [0.2, 0.25) is 11.7 Å². The second-order valence-corrected chi connectivity index (χ2v) is 12.2. The van der Waals surface area contributed by atoms with Gasteiger partial charge in [-0.15, -0.1) is 0 Å². The van der Waals surface area contributed by atoms with Crippen LogP contribution in [0.2, 0.25) is 0 Å². The Hall–Kier alpha value is -6.46. The summed E-state index contributed by atoms with van der Waals surface area (Å²) in [6.07, 6.45) is 0. The van der Waals surface area contributed by atoms with E-state index in [-0.39, 0.29) is 0 Å². The Bertz CT molecular complexity index is 3070. The molecule has 47 heavy (non-hydrogen) atoms. The Labute approximate surface area is 267 Å². The number of aromatic nitrogens is 4. The van der Waals surface area contributed by atoms with Crippen LogP contribution in [0, 0.1) is 0 Å². The van der Waals surface area contributed by atoms with Gasteiger partial charge in [0.05, 0.1) is 27.6 Å². The Kier molecular flexibility index (Phi) is 4.78. The topological polar surface area (TPSA) is 59.6 Å². The molecule has 0 unspecified atom stereocenters. The molecule has 0 saturated carbocycles. The minimum Gasteiger partial charge on any atom is -0.437 e. The van der Waals surface area contributed by atoms with Gasteiger partial charge in [0.15, 0.2) is 0 Å². The van der Waals surface area contributed by atoms with Crippen LogP contribution in [0.1, 0.15) is 0 Å². The minimum absolute atomic E-state index is 0.572. The zero-order valence-corrected chi connectivity index (χ0v) is 25.0. The van der Waals surface area contributed by atoms with Crippen molar-refractivity contribution >= 4 is 87.2 Å². The van der Waals surface area contributed by atoms with Crippen LogP contribution in [0.25, 0.3) is 104 Å². The van der Waals surface area contributed by atoms with Crippen molar-refractivity contribution in [2.45, 2.75) is 0 Å². The van der Waals surface area contributed by atoms with Crippen LogP contribution in [-0.4, -0.2) is 19.5 Å². The maximum Gasteiger partial charge on any atom is 0.238 e. The number of nitrogens with zero attached hydrogens (tertiary/aromatic N) is 3. The zero-order valence-electron chi connectivity index (χ0n) is 25.0. The average Bonchev–Trinajstić information content (AvgIpc) is 3.81. The number of nitrogens with one attached hydrogen (secondary N) is 1. The van der Waals surface area contributed by atoms with E-state index in [0.717, 1.165) is 76.6 Å². The summed E-state index contributed by atoms with van der Waals surface area (Å²) in [6, 6.07) is 48.9. The zero-order chi connectivity index (χ0) is 30.6. The van der Waals surface area contributed by atoms with Gasteiger partial charge in [-0.1, -0.05) is 127 Å². The SMILES string of the molecule is c1ccc(-c2nc(-n3c4c5ccccc5ccc4c4c5c6ccccc6[nH]c5c5ccccc5c43)nc3oc4ccccc4c23)cc1. The summed E-state index contributed by atoms with van der Waals surface area (Å²) < 4.78 is 8.79. The summed E-state index contributed by atoms with van der Waals surface area (Å²) in [7, 11) is 0. The lowest BCUT2D eigenvalue weighted by Gasteiger charge is -2.12. The normalized spacial score (nSPS) is 12.3. The van der Waals surface area contributed by atoms with E-state index < -0.39 is 0 Å². The highest BCUT2D eigenvalue weighted by molar-refractivity contribution is 6.38. The van der Waals surface area contributed by atoms with Gasteiger partial charge in [-0.3, -0.25) is 4.57 Å². The molecule has 0 bridgehead atoms. The van der Waals surface area contributed by atoms with Crippen molar-refractivity contribution in [3.63, 3.8) is 0 Å². The lowest BCUT2D eigenvalue weighted by Crippen LogP contribution is -2.03. The molecule has 0 aliphatic carbocycles. The lowest BCUT2D eigenvalue weighted by atomic mass is 9.98. The van der Waals surface area contributed by atoms with Gasteiger partial charge in [0, 0.05) is 54.2 Å². The molecule has 7 aromatic carbocycles. The number of aromatic amines is 1. The third-order valence-electron chi connectivity index (χ3n) is 9.74. The third kappa shape index (κ3) is 3.27. The quantitative estimate of drug-likeness (QED) is 0.215. The summed E-state index contributed by atoms with van der Waals surface area (Å²) in [6.45, 7) is 0. The van der Waals surface area contributed by atoms with E-state index in [0.29, 0.717) is 11.7 Å². The van der Waals surface area contributed by atoms with Gasteiger partial charge in [0.25, 0.3) is 0 Å². The Morgan fingerprint density at radius 1 is 0.489 bits per heavy atom. The van der Waals surface area contributed by atoms with Crippen LogP contribution in [-0.2, 0) is 0 Å². The number of H-pyrrole nitrogens is 1. The van der Waals surface area contributed by atoms with Crippen LogP contribution in [0.4, 0.5) is 0 Å². The van der Waals surface area contributed by atoms with Gasteiger partial charge < -0.3 is 9.40 Å². The van der Waals surface area contributed by atoms with Crippen molar-refractivity contribution in [2.75, 3.05) is 0 Å². The summed E-state index contributed by atoms with van der Waals surface area (Å²) in [4.78, 5) is 14.5. The molecule has 0 atom stereocenters. The minimum atomic E-state index is 0.572. The largest absolute Gasteiger partial charge is 0.437 e. The summed E-state index contributed by atoms with van der Waals surface area (Å²) in [5, 5.41) is 11.3. The molecular weight excluding hydrogens is 576 g/mol. The fraction of sp³-hybridized carbons (Fsp3) is 0. The van der Waals surface area contributed by atoms with E-state index in [1.807, 2.05) is 24.3 Å². The van der Waals surface area contributed by atoms with E-state index in [4.69, 9.17) is 14.4 Å². The molecule has 5 heteroatoms. The molecule has 1 N–H and O–H groups in total. The summed E-state index contributed by atoms with van der Waals surface area (Å²) >= 11 is 0. The van der Waals surface area contributed by atoms with Crippen LogP contribution < -0.4 is 0 Å².